The van der Waals surface area contributed by atoms with E-state index in [2.05, 4.69) is 0 Å². The molecule has 12 nitrogen and oxygen atoms in total. The van der Waals surface area contributed by atoms with Crippen LogP contribution < -0.4 is 61.3 Å². The van der Waals surface area contributed by atoms with Gasteiger partial charge >= 0.3 is 65.2 Å². The largest absolute Gasteiger partial charge is 4.00 e. The van der Waals surface area contributed by atoms with E-state index in [0.29, 0.717) is 0 Å². The normalized spacial score (nSPS) is 7.58. The van der Waals surface area contributed by atoms with E-state index in [-0.39, 0.29) is 65.2 Å². The van der Waals surface area contributed by atoms with Crippen LogP contribution >= 0.6 is 0 Å². The molecule has 0 radical (unpaired) electrons. The molecular weight excluding hydrogens is 384 g/mol. The third-order valence-electron chi connectivity index (χ3n) is 0. The average Bonchev–Trinajstić information content (AvgIpc) is 1.76. The molecule has 0 aliphatic rings. The standard InChI is InChI=1S/4CHO3.3Ti/c4*2-1(3)4;;;/h4*1H;;;/q4*-3;3*+4. The summed E-state index contributed by atoms with van der Waals surface area (Å²) in [7, 11) is 0. The van der Waals surface area contributed by atoms with E-state index in [1.807, 2.05) is 0 Å². The first-order valence-corrected chi connectivity index (χ1v) is 2.83. The van der Waals surface area contributed by atoms with Crippen LogP contribution in [0.2, 0.25) is 0 Å². The third kappa shape index (κ3) is 2220. The van der Waals surface area contributed by atoms with Crippen LogP contribution in [0.15, 0.2) is 0 Å². The zero-order chi connectivity index (χ0) is 14.3. The number of hydrogen-bond acceptors (Lipinski definition) is 12. The van der Waals surface area contributed by atoms with Crippen molar-refractivity contribution in [3.05, 3.63) is 0 Å². The second-order valence-electron chi connectivity index (χ2n) is 1.15. The zero-order valence-electron chi connectivity index (χ0n) is 8.71. The predicted octanol–water partition coefficient (Wildman–Crippen LogP) is -14.6. The molecule has 0 heterocycles. The molecule has 0 saturated carbocycles. The van der Waals surface area contributed by atoms with E-state index in [9.17, 15) is 0 Å². The summed E-state index contributed by atoms with van der Waals surface area (Å²) in [6, 6.07) is 0. The molecule has 0 aliphatic heterocycles. The Hall–Kier alpha value is 1.66. The molecule has 15 heteroatoms. The molecule has 0 aliphatic carbocycles. The molecule has 0 aromatic rings. The van der Waals surface area contributed by atoms with Crippen LogP contribution in [0.5, 0.6) is 0 Å². The van der Waals surface area contributed by atoms with Gasteiger partial charge in [-0.05, 0) is 0 Å². The summed E-state index contributed by atoms with van der Waals surface area (Å²) in [4.78, 5) is 0. The quantitative estimate of drug-likeness (QED) is 0.276. The Kier molecular flexibility index (Phi) is 82.6. The van der Waals surface area contributed by atoms with Gasteiger partial charge in [0.05, 0.1) is 0 Å². The van der Waals surface area contributed by atoms with Crippen molar-refractivity contribution in [2.45, 2.75) is 25.9 Å². The van der Waals surface area contributed by atoms with Crippen LogP contribution in [0, 0.1) is 0 Å². The second kappa shape index (κ2) is 36.7. The summed E-state index contributed by atoms with van der Waals surface area (Å²) in [5.74, 6) is 0. The second-order valence-corrected chi connectivity index (χ2v) is 1.15. The van der Waals surface area contributed by atoms with Crippen LogP contribution in [-0.2, 0) is 65.2 Å². The molecule has 0 N–H and O–H groups in total. The van der Waals surface area contributed by atoms with Gasteiger partial charge in [-0.1, -0.05) is 0 Å². The van der Waals surface area contributed by atoms with Crippen molar-refractivity contribution in [1.29, 1.82) is 0 Å². The van der Waals surface area contributed by atoms with Gasteiger partial charge in [-0.15, -0.1) is 0 Å². The van der Waals surface area contributed by atoms with Crippen molar-refractivity contribution in [2.75, 3.05) is 0 Å². The van der Waals surface area contributed by atoms with Gasteiger partial charge in [-0.25, -0.2) is 0 Å². The Labute approximate surface area is 151 Å². The molecule has 0 saturated heterocycles. The van der Waals surface area contributed by atoms with Gasteiger partial charge in [0.25, 0.3) is 0 Å². The Bertz CT molecular complexity index is 68.0. The molecule has 0 aromatic heterocycles. The van der Waals surface area contributed by atoms with Gasteiger partial charge in [0, 0.05) is 0 Å². The van der Waals surface area contributed by atoms with Crippen molar-refractivity contribution in [2.24, 2.45) is 0 Å². The molecule has 0 spiro atoms. The minimum absolute atomic E-state index is 0. The topological polar surface area (TPSA) is 277 Å². The predicted molar refractivity (Wildman–Crippen MR) is 15.2 cm³/mol. The maximum Gasteiger partial charge on any atom is 4.00 e. The van der Waals surface area contributed by atoms with Gasteiger partial charge in [-0.3, -0.25) is 0 Å². The third-order valence-corrected chi connectivity index (χ3v) is 0. The monoisotopic (exact) mass is 388 g/mol. The van der Waals surface area contributed by atoms with E-state index in [4.69, 9.17) is 61.3 Å². The van der Waals surface area contributed by atoms with Crippen LogP contribution in [0.25, 0.3) is 0 Å². The van der Waals surface area contributed by atoms with Crippen LogP contribution in [-0.4, -0.2) is 25.9 Å². The average molecular weight is 388 g/mol. The van der Waals surface area contributed by atoms with Crippen molar-refractivity contribution >= 4 is 0 Å². The van der Waals surface area contributed by atoms with Crippen molar-refractivity contribution in [3.63, 3.8) is 0 Å². The fraction of sp³-hybridized carbons (Fsp3) is 1.00. The van der Waals surface area contributed by atoms with Crippen LogP contribution in [0.1, 0.15) is 0 Å². The molecule has 0 bridgehead atoms. The molecular formula is C4H4O12Ti3. The molecule has 0 atom stereocenters. The zero-order valence-corrected chi connectivity index (χ0v) is 13.4. The molecule has 104 valence electrons. The SMILES string of the molecule is [O-]C([O-])[O-].[O-]C([O-])[O-].[O-]C([O-])[O-].[O-]C([O-])[O-].[Ti+4].[Ti+4].[Ti+4]. The molecule has 0 aromatic carbocycles. The molecule has 0 unspecified atom stereocenters. The minimum atomic E-state index is -2.92. The number of hydrogen-bond donors (Lipinski definition) is 0. The van der Waals surface area contributed by atoms with Crippen LogP contribution in [0.3, 0.4) is 0 Å². The van der Waals surface area contributed by atoms with Gasteiger partial charge in [0.15, 0.2) is 0 Å². The number of rotatable bonds is 0. The van der Waals surface area contributed by atoms with Gasteiger partial charge in [0.1, 0.15) is 0 Å². The van der Waals surface area contributed by atoms with E-state index in [1.165, 1.54) is 0 Å². The molecule has 0 fully saturated rings. The first-order chi connectivity index (χ1) is 6.93. The summed E-state index contributed by atoms with van der Waals surface area (Å²) in [5, 5.41) is 101. The smallest absolute Gasteiger partial charge is 0.879 e. The van der Waals surface area contributed by atoms with Gasteiger partial charge in [0.2, 0.25) is 0 Å². The summed E-state index contributed by atoms with van der Waals surface area (Å²) >= 11 is 0. The fourth-order valence-electron chi connectivity index (χ4n) is 0. The maximum atomic E-state index is 8.42. The summed E-state index contributed by atoms with van der Waals surface area (Å²) in [6.45, 7) is -11.7. The Morgan fingerprint density at radius 2 is 0.263 bits per heavy atom. The summed E-state index contributed by atoms with van der Waals surface area (Å²) in [6.07, 6.45) is 0. The van der Waals surface area contributed by atoms with Crippen molar-refractivity contribution in [3.8, 4) is 0 Å². The van der Waals surface area contributed by atoms with Crippen molar-refractivity contribution in [1.82, 2.24) is 0 Å². The van der Waals surface area contributed by atoms with Crippen LogP contribution in [0.4, 0.5) is 0 Å². The van der Waals surface area contributed by atoms with E-state index in [1.54, 1.807) is 0 Å². The van der Waals surface area contributed by atoms with E-state index < -0.39 is 25.9 Å². The molecule has 0 amide bonds. The first kappa shape index (κ1) is 42.8. The molecule has 0 rings (SSSR count). The Balaban J connectivity index is -0.0000000192. The Morgan fingerprint density at radius 1 is 0.263 bits per heavy atom. The Morgan fingerprint density at radius 3 is 0.263 bits per heavy atom. The van der Waals surface area contributed by atoms with Gasteiger partial charge < -0.3 is 87.2 Å². The fourth-order valence-corrected chi connectivity index (χ4v) is 0. The molecule has 19 heavy (non-hydrogen) atoms. The van der Waals surface area contributed by atoms with E-state index >= 15 is 0 Å². The van der Waals surface area contributed by atoms with E-state index in [0.717, 1.165) is 0 Å². The first-order valence-electron chi connectivity index (χ1n) is 2.83. The summed E-state index contributed by atoms with van der Waals surface area (Å²) < 4.78 is 0. The van der Waals surface area contributed by atoms with Gasteiger partial charge in [-0.2, -0.15) is 0 Å². The van der Waals surface area contributed by atoms with Crippen molar-refractivity contribution < 1.29 is 126 Å². The maximum absolute atomic E-state index is 8.42. The minimum Gasteiger partial charge on any atom is -0.879 e. The summed E-state index contributed by atoms with van der Waals surface area (Å²) in [5.41, 5.74) is 0.